The van der Waals surface area contributed by atoms with E-state index in [9.17, 15) is 4.79 Å². The van der Waals surface area contributed by atoms with Gasteiger partial charge in [-0.2, -0.15) is 0 Å². The van der Waals surface area contributed by atoms with Crippen LogP contribution in [0.5, 0.6) is 0 Å². The lowest BCUT2D eigenvalue weighted by Gasteiger charge is -2.36. The van der Waals surface area contributed by atoms with Crippen LogP contribution >= 0.6 is 0 Å². The van der Waals surface area contributed by atoms with Crippen LogP contribution in [0.4, 0.5) is 0 Å². The third-order valence-electron chi connectivity index (χ3n) is 4.33. The van der Waals surface area contributed by atoms with Gasteiger partial charge in [0.25, 0.3) is 0 Å². The third kappa shape index (κ3) is 3.55. The smallest absolute Gasteiger partial charge is 0.190 e. The lowest BCUT2D eigenvalue weighted by molar-refractivity contribution is -0.233. The molecule has 2 bridgehead atoms. The number of rotatable bonds is 10. The van der Waals surface area contributed by atoms with Crippen LogP contribution < -0.4 is 0 Å². The van der Waals surface area contributed by atoms with Crippen LogP contribution in [-0.4, -0.2) is 37.0 Å². The fourth-order valence-corrected chi connectivity index (χ4v) is 3.10. The zero-order valence-electron chi connectivity index (χ0n) is 13.5. The molecule has 0 spiro atoms. The van der Waals surface area contributed by atoms with Crippen molar-refractivity contribution in [2.24, 2.45) is 5.92 Å². The summed E-state index contributed by atoms with van der Waals surface area (Å²) in [5, 5.41) is 0. The van der Waals surface area contributed by atoms with Crippen molar-refractivity contribution in [3.63, 3.8) is 0 Å². The fraction of sp³-hybridized carbons (Fsp3) is 0.824. The Balaban J connectivity index is 2.09. The maximum Gasteiger partial charge on any atom is 0.190 e. The molecule has 0 saturated carbocycles. The van der Waals surface area contributed by atoms with E-state index in [0.29, 0.717) is 13.2 Å². The molecule has 2 aliphatic rings. The summed E-state index contributed by atoms with van der Waals surface area (Å²) in [6, 6.07) is 0. The molecule has 1 fully saturated rings. The highest BCUT2D eigenvalue weighted by molar-refractivity contribution is 5.81. The van der Waals surface area contributed by atoms with Gasteiger partial charge in [-0.05, 0) is 32.3 Å². The normalized spacial score (nSPS) is 30.5. The molecule has 0 aliphatic carbocycles. The summed E-state index contributed by atoms with van der Waals surface area (Å²) in [5.41, 5.74) is -0.710. The summed E-state index contributed by atoms with van der Waals surface area (Å²) in [4.78, 5) is 12.0. The number of ketones is 1. The first-order valence-corrected chi connectivity index (χ1v) is 8.24. The molecule has 2 rings (SSSR count). The monoisotopic (exact) mass is 296 g/mol. The number of Topliss-reactive ketones (excluding diaryl/α,β-unsaturated/α-hetero) is 1. The molecule has 3 atom stereocenters. The van der Waals surface area contributed by atoms with Crippen LogP contribution in [0.1, 0.15) is 52.9 Å². The predicted octanol–water partition coefficient (Wildman–Crippen LogP) is 3.25. The summed E-state index contributed by atoms with van der Waals surface area (Å²) < 4.78 is 18.0. The van der Waals surface area contributed by atoms with Gasteiger partial charge in [0.1, 0.15) is 11.4 Å². The van der Waals surface area contributed by atoms with Crippen LogP contribution in [-0.2, 0) is 19.0 Å². The number of unbranched alkanes of at least 4 members (excludes halogenated alkanes) is 2. The van der Waals surface area contributed by atoms with Crippen LogP contribution in [0.2, 0.25) is 0 Å². The summed E-state index contributed by atoms with van der Waals surface area (Å²) in [6.07, 6.45) is 8.46. The highest BCUT2D eigenvalue weighted by Crippen LogP contribution is 2.47. The number of ether oxygens (including phenoxy) is 3. The fourth-order valence-electron chi connectivity index (χ4n) is 3.10. The van der Waals surface area contributed by atoms with E-state index in [2.05, 4.69) is 13.8 Å². The molecule has 120 valence electrons. The highest BCUT2D eigenvalue weighted by atomic mass is 16.7. The molecule has 4 heteroatoms. The topological polar surface area (TPSA) is 44.8 Å². The first kappa shape index (κ1) is 16.7. The molecular formula is C17H28O4. The van der Waals surface area contributed by atoms with Crippen molar-refractivity contribution in [2.45, 2.75) is 70.9 Å². The van der Waals surface area contributed by atoms with Gasteiger partial charge in [-0.1, -0.05) is 32.8 Å². The second-order valence-corrected chi connectivity index (χ2v) is 6.05. The molecule has 2 heterocycles. The van der Waals surface area contributed by atoms with Crippen molar-refractivity contribution in [3.05, 3.63) is 12.2 Å². The molecule has 3 unspecified atom stereocenters. The van der Waals surface area contributed by atoms with Gasteiger partial charge >= 0.3 is 0 Å². The van der Waals surface area contributed by atoms with Gasteiger partial charge in [-0.3, -0.25) is 4.79 Å². The molecule has 0 aromatic rings. The Hall–Kier alpha value is -0.710. The number of carbonyl (C=O) groups excluding carboxylic acids is 1. The van der Waals surface area contributed by atoms with Gasteiger partial charge in [0.2, 0.25) is 0 Å². The van der Waals surface area contributed by atoms with E-state index in [1.807, 2.05) is 12.2 Å². The summed E-state index contributed by atoms with van der Waals surface area (Å²) in [5.74, 6) is 0.00536. The first-order valence-electron chi connectivity index (χ1n) is 8.24. The van der Waals surface area contributed by atoms with Gasteiger partial charge in [0, 0.05) is 13.2 Å². The second-order valence-electron chi connectivity index (χ2n) is 6.05. The van der Waals surface area contributed by atoms with Crippen LogP contribution in [0.25, 0.3) is 0 Å². The number of hydrogen-bond donors (Lipinski definition) is 0. The maximum atomic E-state index is 12.0. The Labute approximate surface area is 127 Å². The van der Waals surface area contributed by atoms with Gasteiger partial charge in [-0.25, -0.2) is 0 Å². The van der Waals surface area contributed by atoms with Crippen LogP contribution in [0.15, 0.2) is 12.2 Å². The molecule has 0 N–H and O–H groups in total. The minimum atomic E-state index is -0.710. The Morgan fingerprint density at radius 3 is 2.38 bits per heavy atom. The Kier molecular flexibility index (Phi) is 5.97. The van der Waals surface area contributed by atoms with Crippen LogP contribution in [0.3, 0.4) is 0 Å². The average molecular weight is 296 g/mol. The quantitative estimate of drug-likeness (QED) is 0.353. The van der Waals surface area contributed by atoms with Crippen molar-refractivity contribution >= 4 is 5.78 Å². The van der Waals surface area contributed by atoms with Crippen molar-refractivity contribution in [1.29, 1.82) is 0 Å². The van der Waals surface area contributed by atoms with Crippen LogP contribution in [0, 0.1) is 5.92 Å². The van der Waals surface area contributed by atoms with E-state index in [-0.39, 0.29) is 17.8 Å². The molecular weight excluding hydrogens is 268 g/mol. The van der Waals surface area contributed by atoms with Gasteiger partial charge in [0.05, 0.1) is 12.0 Å². The zero-order chi connectivity index (χ0) is 15.3. The molecule has 0 radical (unpaired) electrons. The van der Waals surface area contributed by atoms with E-state index in [0.717, 1.165) is 32.1 Å². The zero-order valence-corrected chi connectivity index (χ0v) is 13.5. The van der Waals surface area contributed by atoms with Crippen molar-refractivity contribution in [2.75, 3.05) is 13.2 Å². The SMILES string of the molecule is CCCCOC(OCCCC)C12C=CC(CC1C(C)=O)O2. The first-order chi connectivity index (χ1) is 10.1. The summed E-state index contributed by atoms with van der Waals surface area (Å²) in [6.45, 7) is 7.18. The second kappa shape index (κ2) is 7.52. The average Bonchev–Trinajstić information content (AvgIpc) is 3.05. The lowest BCUT2D eigenvalue weighted by Crippen LogP contribution is -2.50. The maximum absolute atomic E-state index is 12.0. The third-order valence-corrected chi connectivity index (χ3v) is 4.33. The van der Waals surface area contributed by atoms with Crippen molar-refractivity contribution in [1.82, 2.24) is 0 Å². The molecule has 21 heavy (non-hydrogen) atoms. The summed E-state index contributed by atoms with van der Waals surface area (Å²) in [7, 11) is 0. The van der Waals surface area contributed by atoms with Gasteiger partial charge in [-0.15, -0.1) is 0 Å². The van der Waals surface area contributed by atoms with Crippen molar-refractivity contribution < 1.29 is 19.0 Å². The summed E-state index contributed by atoms with van der Waals surface area (Å²) >= 11 is 0. The Morgan fingerprint density at radius 1 is 1.29 bits per heavy atom. The van der Waals surface area contributed by atoms with E-state index >= 15 is 0 Å². The molecule has 4 nitrogen and oxygen atoms in total. The van der Waals surface area contributed by atoms with Gasteiger partial charge < -0.3 is 14.2 Å². The molecule has 0 aromatic carbocycles. The number of hydrogen-bond acceptors (Lipinski definition) is 4. The Bertz CT molecular complexity index is 369. The van der Waals surface area contributed by atoms with Crippen molar-refractivity contribution in [3.8, 4) is 0 Å². The van der Waals surface area contributed by atoms with E-state index in [1.54, 1.807) is 6.92 Å². The number of fused-ring (bicyclic) bond motifs is 2. The van der Waals surface area contributed by atoms with E-state index in [4.69, 9.17) is 14.2 Å². The molecule has 2 aliphatic heterocycles. The molecule has 1 saturated heterocycles. The van der Waals surface area contributed by atoms with E-state index in [1.165, 1.54) is 0 Å². The molecule has 0 aromatic heterocycles. The standard InChI is InChI=1S/C17H28O4/c1-4-6-10-19-16(20-11-7-5-2)17-9-8-14(21-17)12-15(17)13(3)18/h8-9,14-16H,4-7,10-12H2,1-3H3. The Morgan fingerprint density at radius 2 is 1.90 bits per heavy atom. The molecule has 0 amide bonds. The minimum Gasteiger partial charge on any atom is -0.357 e. The largest absolute Gasteiger partial charge is 0.357 e. The lowest BCUT2D eigenvalue weighted by atomic mass is 9.80. The number of carbonyl (C=O) groups is 1. The highest BCUT2D eigenvalue weighted by Gasteiger charge is 2.57. The van der Waals surface area contributed by atoms with Gasteiger partial charge in [0.15, 0.2) is 6.29 Å². The van der Waals surface area contributed by atoms with E-state index < -0.39 is 11.9 Å². The predicted molar refractivity (Wildman–Crippen MR) is 81.0 cm³/mol. The minimum absolute atomic E-state index is 0.0333.